The van der Waals surface area contributed by atoms with Crippen LogP contribution in [0.2, 0.25) is 0 Å². The highest BCUT2D eigenvalue weighted by atomic mass is 16.6. The van der Waals surface area contributed by atoms with E-state index in [-0.39, 0.29) is 75.8 Å². The molecule has 0 fully saturated rings. The van der Waals surface area contributed by atoms with Gasteiger partial charge in [-0.3, -0.25) is 106 Å². The van der Waals surface area contributed by atoms with Gasteiger partial charge in [0.1, 0.15) is 34.0 Å². The van der Waals surface area contributed by atoms with Crippen molar-refractivity contribution in [3.63, 3.8) is 0 Å². The number of para-hydroxylation sites is 1. The van der Waals surface area contributed by atoms with Crippen molar-refractivity contribution in [1.29, 1.82) is 0 Å². The lowest BCUT2D eigenvalue weighted by Gasteiger charge is -2.00. The van der Waals surface area contributed by atoms with Gasteiger partial charge >= 0.3 is 0 Å². The summed E-state index contributed by atoms with van der Waals surface area (Å²) in [5, 5.41) is 47.7. The quantitative estimate of drug-likeness (QED) is 0.0342. The Morgan fingerprint density at radius 1 is 0.385 bits per heavy atom. The molecule has 0 radical (unpaired) electrons. The number of hydrogen-bond acceptors (Lipinski definition) is 18. The molecule has 0 saturated carbocycles. The smallest absolute Gasteiger partial charge is 0.293 e. The zero-order chi connectivity index (χ0) is 66.8. The lowest BCUT2D eigenvalue weighted by molar-refractivity contribution is -0.384. The number of aromatic amines is 5. The van der Waals surface area contributed by atoms with Gasteiger partial charge in [0.15, 0.2) is 29.8 Å². The third kappa shape index (κ3) is 17.5. The SMILES string of the molecule is CN=C(N)NC(=O)c1cc2c(N)cccc2[nH]1.CN=C(N)NC(=O)c1cc2cc(N)ccc2[nH]1.CN=C(N)NC(=O)c1cc2cc([N+](=O)[O-])ccc2[nH]1.CN=C(N)NC(=O)c1cc2ccc([N+](=O)[O-])cc2[nH]1.CN=C(N)NC(=O)c1cc2cccc([N+](=O)[O-])c2[nH]1. The topological polar surface area (TPSA) is 598 Å². The molecule has 0 spiro atoms. The molecule has 0 aliphatic rings. The van der Waals surface area contributed by atoms with Crippen molar-refractivity contribution < 1.29 is 38.7 Å². The van der Waals surface area contributed by atoms with Crippen LogP contribution >= 0.6 is 0 Å². The highest BCUT2D eigenvalue weighted by Crippen LogP contribution is 2.27. The van der Waals surface area contributed by atoms with E-state index in [1.807, 2.05) is 18.2 Å². The summed E-state index contributed by atoms with van der Waals surface area (Å²) in [6.07, 6.45) is 0. The lowest BCUT2D eigenvalue weighted by Crippen LogP contribution is -2.36. The highest BCUT2D eigenvalue weighted by molar-refractivity contribution is 6.10. The van der Waals surface area contributed by atoms with Crippen molar-refractivity contribution in [3.8, 4) is 0 Å². The fourth-order valence-corrected chi connectivity index (χ4v) is 7.89. The van der Waals surface area contributed by atoms with Crippen LogP contribution in [0.15, 0.2) is 146 Å². The fraction of sp³-hybridized carbons (Fsp3) is 0.0909. The second kappa shape index (κ2) is 29.9. The van der Waals surface area contributed by atoms with E-state index in [2.05, 4.69) is 76.5 Å². The van der Waals surface area contributed by atoms with Gasteiger partial charge in [-0.25, -0.2) is 0 Å². The number of aromatic nitrogens is 5. The van der Waals surface area contributed by atoms with E-state index in [1.54, 1.807) is 60.7 Å². The largest absolute Gasteiger partial charge is 0.399 e. The molecule has 0 atom stereocenters. The summed E-state index contributed by atoms with van der Waals surface area (Å²) < 4.78 is 0. The number of anilines is 2. The maximum absolute atomic E-state index is 11.8. The van der Waals surface area contributed by atoms with Crippen LogP contribution in [0.1, 0.15) is 52.4 Å². The van der Waals surface area contributed by atoms with Crippen LogP contribution in [0.5, 0.6) is 0 Å². The molecule has 5 amide bonds. The number of aliphatic imine (C=N–C) groups is 5. The third-order valence-corrected chi connectivity index (χ3v) is 12.4. The number of nitrogens with one attached hydrogen (secondary N) is 10. The number of hydrogen-bond donors (Lipinski definition) is 17. The van der Waals surface area contributed by atoms with E-state index in [0.717, 1.165) is 21.8 Å². The summed E-state index contributed by atoms with van der Waals surface area (Å²) in [5.74, 6) is -1.98. The third-order valence-electron chi connectivity index (χ3n) is 12.4. The Balaban J connectivity index is 0.000000181. The lowest BCUT2D eigenvalue weighted by atomic mass is 10.2. The van der Waals surface area contributed by atoms with E-state index in [0.29, 0.717) is 55.5 Å². The molecular formula is C55H59N25O11. The predicted octanol–water partition coefficient (Wildman–Crippen LogP) is 3.10. The number of amides is 5. The summed E-state index contributed by atoms with van der Waals surface area (Å²) in [7, 11) is 7.33. The minimum absolute atomic E-state index is 0.00497. The Hall–Kier alpha value is -13.7. The number of nitrogens with zero attached hydrogens (tertiary/aromatic N) is 8. The number of nitrogens with two attached hydrogens (primary N) is 7. The van der Waals surface area contributed by atoms with Crippen LogP contribution in [-0.4, -0.2) is 134 Å². The number of carbonyl (C=O) groups is 5. The van der Waals surface area contributed by atoms with Crippen LogP contribution in [0.3, 0.4) is 0 Å². The van der Waals surface area contributed by atoms with E-state index in [1.165, 1.54) is 77.7 Å². The Kier molecular flexibility index (Phi) is 21.8. The molecule has 0 unspecified atom stereocenters. The van der Waals surface area contributed by atoms with Crippen molar-refractivity contribution in [2.24, 2.45) is 53.6 Å². The molecule has 0 saturated heterocycles. The average Bonchev–Trinajstić information content (AvgIpc) is 2.50. The molecule has 5 aromatic heterocycles. The van der Waals surface area contributed by atoms with Gasteiger partial charge in [0.25, 0.3) is 46.6 Å². The summed E-state index contributed by atoms with van der Waals surface area (Å²) >= 11 is 0. The number of benzene rings is 5. The molecule has 10 rings (SSSR count). The van der Waals surface area contributed by atoms with Crippen LogP contribution in [0.25, 0.3) is 54.5 Å². The van der Waals surface area contributed by atoms with Crippen molar-refractivity contribution in [2.75, 3.05) is 46.7 Å². The minimum Gasteiger partial charge on any atom is -0.399 e. The van der Waals surface area contributed by atoms with Gasteiger partial charge in [-0.1, -0.05) is 18.2 Å². The molecule has 24 N–H and O–H groups in total. The van der Waals surface area contributed by atoms with Gasteiger partial charge in [-0.15, -0.1) is 0 Å². The second-order valence-electron chi connectivity index (χ2n) is 18.4. The van der Waals surface area contributed by atoms with Crippen molar-refractivity contribution >= 4 is 142 Å². The number of nitrogen functional groups attached to an aromatic ring is 2. The van der Waals surface area contributed by atoms with Gasteiger partial charge < -0.3 is 65.1 Å². The van der Waals surface area contributed by atoms with Gasteiger partial charge in [0.2, 0.25) is 0 Å². The monoisotopic (exact) mass is 1250 g/mol. The summed E-state index contributed by atoms with van der Waals surface area (Å²) in [6, 6.07) is 32.0. The number of non-ortho nitro benzene ring substituents is 3. The predicted molar refractivity (Wildman–Crippen MR) is 345 cm³/mol. The molecule has 0 aliphatic carbocycles. The Bertz CT molecular complexity index is 4480. The van der Waals surface area contributed by atoms with Gasteiger partial charge in [0, 0.05) is 120 Å². The first-order valence-corrected chi connectivity index (χ1v) is 26.0. The van der Waals surface area contributed by atoms with Crippen LogP contribution in [0, 0.1) is 30.3 Å². The van der Waals surface area contributed by atoms with Crippen LogP contribution < -0.4 is 66.7 Å². The van der Waals surface area contributed by atoms with E-state index in [9.17, 15) is 54.3 Å². The number of H-pyrrole nitrogens is 5. The molecule has 5 aromatic carbocycles. The maximum Gasteiger partial charge on any atom is 0.293 e. The average molecular weight is 1250 g/mol. The second-order valence-corrected chi connectivity index (χ2v) is 18.4. The zero-order valence-corrected chi connectivity index (χ0v) is 48.7. The normalized spacial score (nSPS) is 11.6. The Labute approximate surface area is 511 Å². The first kappa shape index (κ1) is 66.4. The van der Waals surface area contributed by atoms with Gasteiger partial charge in [-0.2, -0.15) is 0 Å². The molecule has 5 heterocycles. The molecule has 10 aromatic rings. The molecule has 470 valence electrons. The zero-order valence-electron chi connectivity index (χ0n) is 48.7. The van der Waals surface area contributed by atoms with Crippen LogP contribution in [0.4, 0.5) is 28.4 Å². The van der Waals surface area contributed by atoms with E-state index < -0.39 is 32.5 Å². The van der Waals surface area contributed by atoms with Gasteiger partial charge in [-0.05, 0) is 72.8 Å². The maximum atomic E-state index is 11.8. The van der Waals surface area contributed by atoms with Crippen LogP contribution in [-0.2, 0) is 0 Å². The Morgan fingerprint density at radius 2 is 0.769 bits per heavy atom. The van der Waals surface area contributed by atoms with Crippen molar-refractivity contribution in [1.82, 2.24) is 51.5 Å². The molecular weight excluding hydrogens is 1190 g/mol. The summed E-state index contributed by atoms with van der Waals surface area (Å²) in [6.45, 7) is 0. The van der Waals surface area contributed by atoms with Crippen molar-refractivity contribution in [3.05, 3.63) is 180 Å². The molecule has 0 bridgehead atoms. The number of nitro benzene ring substituents is 3. The first-order chi connectivity index (χ1) is 43.2. The standard InChI is InChI=1S/3C11H11N5O3.2C11H13N5O/c1-13-11(12)15-10(17)9-5-6-4-7(16(18)19)2-3-8(6)14-9;1-13-11(12)15-10(17)9-4-6-2-3-7(16(18)19)5-8(6)14-9;1-13-11(12)15-10(17)7-5-6-3-2-4-8(16(18)19)9(6)14-7;1-14-11(13)16-10(17)9-5-6-4-7(12)2-3-8(6)15-9;1-14-11(13)16-10(17)9-5-6-7(12)3-2-4-8(6)15-9/h3*2-5,14H,1H3,(H3,12,13,15,17);2*2-5,15H,12H2,1H3,(H3,13,14,16,17). The number of carbonyl (C=O) groups excluding carboxylic acids is 5. The fourth-order valence-electron chi connectivity index (χ4n) is 7.89. The first-order valence-electron chi connectivity index (χ1n) is 26.0. The summed E-state index contributed by atoms with van der Waals surface area (Å²) in [5.41, 5.74) is 44.1. The van der Waals surface area contributed by atoms with E-state index in [4.69, 9.17) is 40.1 Å². The number of rotatable bonds is 8. The molecule has 36 nitrogen and oxygen atoms in total. The Morgan fingerprint density at radius 3 is 1.23 bits per heavy atom. The molecule has 91 heavy (non-hydrogen) atoms. The summed E-state index contributed by atoms with van der Waals surface area (Å²) in [4.78, 5) is 122. The molecule has 36 heteroatoms. The number of fused-ring (bicyclic) bond motifs is 5. The number of guanidine groups is 5. The van der Waals surface area contributed by atoms with Gasteiger partial charge in [0.05, 0.1) is 20.3 Å². The van der Waals surface area contributed by atoms with E-state index >= 15 is 0 Å². The molecule has 0 aliphatic heterocycles. The minimum atomic E-state index is -0.512. The van der Waals surface area contributed by atoms with Crippen molar-refractivity contribution in [2.45, 2.75) is 0 Å². The number of nitro groups is 3. The highest BCUT2D eigenvalue weighted by Gasteiger charge is 2.19.